The highest BCUT2D eigenvalue weighted by molar-refractivity contribution is 5.76. The van der Waals surface area contributed by atoms with Gasteiger partial charge in [-0.2, -0.15) is 0 Å². The molecule has 1 amide bonds. The van der Waals surface area contributed by atoms with Gasteiger partial charge in [-0.05, 0) is 51.1 Å². The summed E-state index contributed by atoms with van der Waals surface area (Å²) >= 11 is 0. The van der Waals surface area contributed by atoms with Crippen LogP contribution in [0.25, 0.3) is 0 Å². The largest absolute Gasteiger partial charge is 0.353 e. The molecular formula is C14H21FN2O. The van der Waals surface area contributed by atoms with Crippen LogP contribution in [0.3, 0.4) is 0 Å². The van der Waals surface area contributed by atoms with Gasteiger partial charge in [-0.1, -0.05) is 12.1 Å². The summed E-state index contributed by atoms with van der Waals surface area (Å²) in [6.45, 7) is 2.80. The van der Waals surface area contributed by atoms with E-state index < -0.39 is 0 Å². The predicted octanol–water partition coefficient (Wildman–Crippen LogP) is 1.87. The molecule has 0 saturated heterocycles. The highest BCUT2D eigenvalue weighted by atomic mass is 19.1. The van der Waals surface area contributed by atoms with Crippen LogP contribution in [-0.4, -0.2) is 25.5 Å². The van der Waals surface area contributed by atoms with Crippen LogP contribution in [0.5, 0.6) is 0 Å². The summed E-state index contributed by atoms with van der Waals surface area (Å²) in [6, 6.07) is 6.45. The summed E-state index contributed by atoms with van der Waals surface area (Å²) < 4.78 is 12.7. The zero-order chi connectivity index (χ0) is 13.4. The Hall–Kier alpha value is -1.42. The third kappa shape index (κ3) is 5.77. The molecule has 0 radical (unpaired) electrons. The van der Waals surface area contributed by atoms with Gasteiger partial charge in [-0.25, -0.2) is 4.39 Å². The van der Waals surface area contributed by atoms with Gasteiger partial charge in [-0.15, -0.1) is 0 Å². The number of amides is 1. The summed E-state index contributed by atoms with van der Waals surface area (Å²) in [5.41, 5.74) is 1.03. The molecule has 0 aromatic heterocycles. The van der Waals surface area contributed by atoms with E-state index in [-0.39, 0.29) is 17.8 Å². The number of benzene rings is 1. The number of hydrogen-bond acceptors (Lipinski definition) is 2. The average molecular weight is 252 g/mol. The van der Waals surface area contributed by atoms with Crippen molar-refractivity contribution in [1.29, 1.82) is 0 Å². The Morgan fingerprint density at radius 3 is 2.61 bits per heavy atom. The maximum atomic E-state index is 12.7. The van der Waals surface area contributed by atoms with Crippen molar-refractivity contribution in [3.05, 3.63) is 35.6 Å². The number of carbonyl (C=O) groups is 1. The Morgan fingerprint density at radius 1 is 1.33 bits per heavy atom. The lowest BCUT2D eigenvalue weighted by Crippen LogP contribution is -2.34. The fraction of sp³-hybridized carbons (Fsp3) is 0.500. The lowest BCUT2D eigenvalue weighted by Gasteiger charge is -2.14. The van der Waals surface area contributed by atoms with Crippen LogP contribution < -0.4 is 10.6 Å². The van der Waals surface area contributed by atoms with Gasteiger partial charge in [0.15, 0.2) is 0 Å². The van der Waals surface area contributed by atoms with Crippen LogP contribution in [0.4, 0.5) is 4.39 Å². The van der Waals surface area contributed by atoms with E-state index >= 15 is 0 Å². The summed E-state index contributed by atoms with van der Waals surface area (Å²) in [5, 5.41) is 5.95. The molecule has 0 spiro atoms. The number of halogens is 1. The summed E-state index contributed by atoms with van der Waals surface area (Å²) in [6.07, 6.45) is 2.10. The molecule has 18 heavy (non-hydrogen) atoms. The Bertz CT molecular complexity index is 365. The highest BCUT2D eigenvalue weighted by Gasteiger charge is 2.07. The van der Waals surface area contributed by atoms with Gasteiger partial charge < -0.3 is 10.6 Å². The monoisotopic (exact) mass is 252 g/mol. The fourth-order valence-corrected chi connectivity index (χ4v) is 1.80. The fourth-order valence-electron chi connectivity index (χ4n) is 1.80. The smallest absolute Gasteiger partial charge is 0.220 e. The van der Waals surface area contributed by atoms with Crippen LogP contribution in [0.1, 0.15) is 25.3 Å². The van der Waals surface area contributed by atoms with E-state index in [0.717, 1.165) is 24.9 Å². The van der Waals surface area contributed by atoms with Crippen molar-refractivity contribution in [2.24, 2.45) is 0 Å². The highest BCUT2D eigenvalue weighted by Crippen LogP contribution is 2.05. The molecule has 0 fully saturated rings. The van der Waals surface area contributed by atoms with E-state index in [9.17, 15) is 9.18 Å². The van der Waals surface area contributed by atoms with Crippen molar-refractivity contribution < 1.29 is 9.18 Å². The first-order valence-electron chi connectivity index (χ1n) is 6.30. The van der Waals surface area contributed by atoms with Crippen LogP contribution in [0.15, 0.2) is 24.3 Å². The van der Waals surface area contributed by atoms with Crippen molar-refractivity contribution in [2.75, 3.05) is 13.6 Å². The number of carbonyl (C=O) groups excluding carboxylic acids is 1. The quantitative estimate of drug-likeness (QED) is 0.727. The van der Waals surface area contributed by atoms with Crippen LogP contribution >= 0.6 is 0 Å². The van der Waals surface area contributed by atoms with E-state index in [2.05, 4.69) is 10.6 Å². The second-order valence-corrected chi connectivity index (χ2v) is 4.51. The molecule has 2 N–H and O–H groups in total. The molecular weight excluding hydrogens is 231 g/mol. The molecule has 0 aliphatic heterocycles. The minimum Gasteiger partial charge on any atom is -0.353 e. The molecule has 0 aliphatic rings. The Labute approximate surface area is 108 Å². The Morgan fingerprint density at radius 2 is 2.00 bits per heavy atom. The normalized spacial score (nSPS) is 12.2. The molecule has 1 aromatic rings. The average Bonchev–Trinajstić information content (AvgIpc) is 2.32. The number of rotatable bonds is 7. The number of nitrogens with one attached hydrogen (secondary N) is 2. The molecule has 0 bridgehead atoms. The molecule has 0 heterocycles. The SMILES string of the molecule is CNCCCC(=O)N[C@@H](C)Cc1ccc(F)cc1. The van der Waals surface area contributed by atoms with E-state index in [4.69, 9.17) is 0 Å². The van der Waals surface area contributed by atoms with Crippen LogP contribution in [-0.2, 0) is 11.2 Å². The Balaban J connectivity index is 2.30. The number of hydrogen-bond donors (Lipinski definition) is 2. The third-order valence-corrected chi connectivity index (χ3v) is 2.69. The zero-order valence-electron chi connectivity index (χ0n) is 11.0. The molecule has 0 saturated carbocycles. The van der Waals surface area contributed by atoms with Crippen molar-refractivity contribution >= 4 is 5.91 Å². The molecule has 1 rings (SSSR count). The van der Waals surface area contributed by atoms with Gasteiger partial charge in [0.25, 0.3) is 0 Å². The van der Waals surface area contributed by atoms with E-state index in [1.165, 1.54) is 12.1 Å². The molecule has 1 aromatic carbocycles. The van der Waals surface area contributed by atoms with Gasteiger partial charge in [0.1, 0.15) is 5.82 Å². The maximum absolute atomic E-state index is 12.7. The maximum Gasteiger partial charge on any atom is 0.220 e. The lowest BCUT2D eigenvalue weighted by molar-refractivity contribution is -0.121. The molecule has 0 aliphatic carbocycles. The molecule has 0 unspecified atom stereocenters. The first kappa shape index (κ1) is 14.6. The van der Waals surface area contributed by atoms with Crippen molar-refractivity contribution in [2.45, 2.75) is 32.2 Å². The summed E-state index contributed by atoms with van der Waals surface area (Å²) in [5.74, 6) is -0.164. The molecule has 100 valence electrons. The lowest BCUT2D eigenvalue weighted by atomic mass is 10.1. The van der Waals surface area contributed by atoms with Crippen molar-refractivity contribution in [1.82, 2.24) is 10.6 Å². The first-order valence-corrected chi connectivity index (χ1v) is 6.30. The second-order valence-electron chi connectivity index (χ2n) is 4.51. The van der Waals surface area contributed by atoms with Gasteiger partial charge in [-0.3, -0.25) is 4.79 Å². The third-order valence-electron chi connectivity index (χ3n) is 2.69. The summed E-state index contributed by atoms with van der Waals surface area (Å²) in [4.78, 5) is 11.6. The summed E-state index contributed by atoms with van der Waals surface area (Å²) in [7, 11) is 1.87. The topological polar surface area (TPSA) is 41.1 Å². The molecule has 3 nitrogen and oxygen atoms in total. The van der Waals surface area contributed by atoms with Crippen LogP contribution in [0.2, 0.25) is 0 Å². The van der Waals surface area contributed by atoms with Crippen molar-refractivity contribution in [3.8, 4) is 0 Å². The molecule has 4 heteroatoms. The predicted molar refractivity (Wildman–Crippen MR) is 70.9 cm³/mol. The van der Waals surface area contributed by atoms with Gasteiger partial charge in [0.05, 0.1) is 0 Å². The Kier molecular flexibility index (Phi) is 6.36. The van der Waals surface area contributed by atoms with Gasteiger partial charge >= 0.3 is 0 Å². The minimum absolute atomic E-state index is 0.0672. The van der Waals surface area contributed by atoms with E-state index in [0.29, 0.717) is 6.42 Å². The molecule has 1 atom stereocenters. The standard InChI is InChI=1S/C14H21FN2O/c1-11(17-14(18)4-3-9-16-2)10-12-5-7-13(15)8-6-12/h5-8,11,16H,3-4,9-10H2,1-2H3,(H,17,18)/t11-/m0/s1. The first-order chi connectivity index (χ1) is 8.61. The van der Waals surface area contributed by atoms with Gasteiger partial charge in [0.2, 0.25) is 5.91 Å². The van der Waals surface area contributed by atoms with E-state index in [1.807, 2.05) is 14.0 Å². The second kappa shape index (κ2) is 7.82. The minimum atomic E-state index is -0.234. The van der Waals surface area contributed by atoms with E-state index in [1.54, 1.807) is 12.1 Å². The van der Waals surface area contributed by atoms with Gasteiger partial charge in [0, 0.05) is 12.5 Å². The van der Waals surface area contributed by atoms with Crippen molar-refractivity contribution in [3.63, 3.8) is 0 Å². The van der Waals surface area contributed by atoms with Crippen LogP contribution in [0, 0.1) is 5.82 Å². The zero-order valence-corrected chi connectivity index (χ0v) is 11.0.